The van der Waals surface area contributed by atoms with Crippen LogP contribution in [-0.2, 0) is 6.54 Å². The van der Waals surface area contributed by atoms with E-state index >= 15 is 0 Å². The van der Waals surface area contributed by atoms with Gasteiger partial charge in [0.25, 0.3) is 5.91 Å². The lowest BCUT2D eigenvalue weighted by Crippen LogP contribution is -2.36. The Balaban J connectivity index is 1.66. The highest BCUT2D eigenvalue weighted by molar-refractivity contribution is 6.32. The zero-order valence-corrected chi connectivity index (χ0v) is 17.5. The first kappa shape index (κ1) is 21.3. The van der Waals surface area contributed by atoms with Gasteiger partial charge < -0.3 is 5.32 Å². The Morgan fingerprint density at radius 2 is 2.10 bits per heavy atom. The molecule has 1 aromatic carbocycles. The minimum absolute atomic E-state index is 0.0373. The van der Waals surface area contributed by atoms with Crippen molar-refractivity contribution < 1.29 is 9.18 Å². The summed E-state index contributed by atoms with van der Waals surface area (Å²) in [4.78, 5) is 12.4. The maximum Gasteiger partial charge on any atom is 0.272 e. The molecule has 0 radical (unpaired) electrons. The molecule has 30 heavy (non-hydrogen) atoms. The zero-order valence-electron chi connectivity index (χ0n) is 16.7. The Bertz CT molecular complexity index is 1130. The lowest BCUT2D eigenvalue weighted by atomic mass is 10.1. The SMILES string of the molecule is CC(C)=Cn1ccc(C(=O)N[C@@H](C)Cn2ccc(-c3cc(F)c(C#N)c(Cl)c3)n2)n1. The lowest BCUT2D eigenvalue weighted by Gasteiger charge is -2.13. The minimum atomic E-state index is -0.692. The summed E-state index contributed by atoms with van der Waals surface area (Å²) in [5.74, 6) is -0.973. The molecule has 0 aliphatic carbocycles. The molecule has 3 aromatic rings. The molecule has 1 N–H and O–H groups in total. The van der Waals surface area contributed by atoms with Crippen LogP contribution < -0.4 is 5.32 Å². The molecule has 9 heteroatoms. The molecule has 0 bridgehead atoms. The van der Waals surface area contributed by atoms with Crippen molar-refractivity contribution in [2.24, 2.45) is 0 Å². The van der Waals surface area contributed by atoms with Gasteiger partial charge in [-0.3, -0.25) is 9.48 Å². The van der Waals surface area contributed by atoms with E-state index < -0.39 is 5.82 Å². The average molecular weight is 427 g/mol. The van der Waals surface area contributed by atoms with Gasteiger partial charge in [-0.05, 0) is 45.0 Å². The summed E-state index contributed by atoms with van der Waals surface area (Å²) in [6.07, 6.45) is 5.27. The van der Waals surface area contributed by atoms with Crippen molar-refractivity contribution in [3.05, 3.63) is 64.3 Å². The van der Waals surface area contributed by atoms with Crippen molar-refractivity contribution >= 4 is 23.7 Å². The number of hydrogen-bond donors (Lipinski definition) is 1. The second-order valence-corrected chi connectivity index (χ2v) is 7.52. The predicted molar refractivity (Wildman–Crippen MR) is 112 cm³/mol. The predicted octanol–water partition coefficient (Wildman–Crippen LogP) is 4.11. The van der Waals surface area contributed by atoms with Crippen LogP contribution in [0.4, 0.5) is 4.39 Å². The summed E-state index contributed by atoms with van der Waals surface area (Å²) in [5, 5.41) is 20.5. The summed E-state index contributed by atoms with van der Waals surface area (Å²) in [5.41, 5.74) is 2.18. The second-order valence-electron chi connectivity index (χ2n) is 7.11. The Labute approximate surface area is 178 Å². The number of amides is 1. The number of nitriles is 1. The molecule has 0 saturated heterocycles. The zero-order chi connectivity index (χ0) is 21.8. The number of rotatable bonds is 6. The molecule has 2 heterocycles. The van der Waals surface area contributed by atoms with E-state index in [0.29, 0.717) is 23.5 Å². The second kappa shape index (κ2) is 8.93. The molecule has 0 saturated carbocycles. The fourth-order valence-corrected chi connectivity index (χ4v) is 3.11. The number of nitrogens with one attached hydrogen (secondary N) is 1. The van der Waals surface area contributed by atoms with Gasteiger partial charge in [0, 0.05) is 30.2 Å². The largest absolute Gasteiger partial charge is 0.346 e. The van der Waals surface area contributed by atoms with Crippen molar-refractivity contribution in [3.8, 4) is 17.3 Å². The van der Waals surface area contributed by atoms with E-state index in [1.54, 1.807) is 40.0 Å². The molecule has 0 aliphatic heterocycles. The minimum Gasteiger partial charge on any atom is -0.346 e. The summed E-state index contributed by atoms with van der Waals surface area (Å²) in [7, 11) is 0. The first-order valence-electron chi connectivity index (χ1n) is 9.21. The molecule has 7 nitrogen and oxygen atoms in total. The van der Waals surface area contributed by atoms with E-state index in [4.69, 9.17) is 16.9 Å². The number of halogens is 2. The molecule has 2 aromatic heterocycles. The van der Waals surface area contributed by atoms with Crippen LogP contribution in [0.5, 0.6) is 0 Å². The van der Waals surface area contributed by atoms with Crippen LogP contribution in [0.1, 0.15) is 36.8 Å². The molecule has 154 valence electrons. The van der Waals surface area contributed by atoms with Crippen LogP contribution in [0.3, 0.4) is 0 Å². The van der Waals surface area contributed by atoms with Gasteiger partial charge in [-0.15, -0.1) is 0 Å². The van der Waals surface area contributed by atoms with Gasteiger partial charge in [0.05, 0.1) is 17.3 Å². The average Bonchev–Trinajstić information content (AvgIpc) is 3.30. The van der Waals surface area contributed by atoms with Gasteiger partial charge in [0.2, 0.25) is 0 Å². The lowest BCUT2D eigenvalue weighted by molar-refractivity contribution is 0.0930. The summed E-state index contributed by atoms with van der Waals surface area (Å²) in [6, 6.07) is 7.61. The van der Waals surface area contributed by atoms with Crippen LogP contribution in [0, 0.1) is 17.1 Å². The topological polar surface area (TPSA) is 88.5 Å². The summed E-state index contributed by atoms with van der Waals surface area (Å²) >= 11 is 5.97. The van der Waals surface area contributed by atoms with E-state index in [9.17, 15) is 9.18 Å². The summed E-state index contributed by atoms with van der Waals surface area (Å²) in [6.45, 7) is 6.15. The van der Waals surface area contributed by atoms with Gasteiger partial charge >= 0.3 is 0 Å². The van der Waals surface area contributed by atoms with E-state index in [1.807, 2.05) is 27.0 Å². The van der Waals surface area contributed by atoms with Crippen molar-refractivity contribution in [2.45, 2.75) is 33.4 Å². The number of carbonyl (C=O) groups excluding carboxylic acids is 1. The molecular formula is C21H20ClFN6O. The Morgan fingerprint density at radius 1 is 1.33 bits per heavy atom. The van der Waals surface area contributed by atoms with Crippen LogP contribution in [0.15, 0.2) is 42.2 Å². The normalized spacial score (nSPS) is 11.6. The van der Waals surface area contributed by atoms with E-state index in [1.165, 1.54) is 12.1 Å². The number of benzene rings is 1. The van der Waals surface area contributed by atoms with Crippen LogP contribution in [-0.4, -0.2) is 31.5 Å². The first-order valence-corrected chi connectivity index (χ1v) is 9.58. The monoisotopic (exact) mass is 426 g/mol. The maximum absolute atomic E-state index is 14.0. The van der Waals surface area contributed by atoms with Gasteiger partial charge in [-0.25, -0.2) is 9.07 Å². The highest BCUT2D eigenvalue weighted by Gasteiger charge is 2.15. The number of nitrogens with zero attached hydrogens (tertiary/aromatic N) is 5. The smallest absolute Gasteiger partial charge is 0.272 e. The van der Waals surface area contributed by atoms with Crippen molar-refractivity contribution in [1.82, 2.24) is 24.9 Å². The van der Waals surface area contributed by atoms with Crippen molar-refractivity contribution in [2.75, 3.05) is 0 Å². The summed E-state index contributed by atoms with van der Waals surface area (Å²) < 4.78 is 17.2. The van der Waals surface area contributed by atoms with E-state index in [0.717, 1.165) is 5.57 Å². The molecule has 0 spiro atoms. The maximum atomic E-state index is 14.0. The third-order valence-corrected chi connectivity index (χ3v) is 4.46. The van der Waals surface area contributed by atoms with E-state index in [-0.39, 0.29) is 22.5 Å². The number of aromatic nitrogens is 4. The number of allylic oxidation sites excluding steroid dienone is 1. The highest BCUT2D eigenvalue weighted by Crippen LogP contribution is 2.26. The van der Waals surface area contributed by atoms with Gasteiger partial charge in [-0.1, -0.05) is 17.2 Å². The third kappa shape index (κ3) is 4.93. The molecule has 1 atom stereocenters. The molecule has 3 rings (SSSR count). The number of hydrogen-bond acceptors (Lipinski definition) is 4. The van der Waals surface area contributed by atoms with Gasteiger partial charge in [0.1, 0.15) is 17.4 Å². The Kier molecular flexibility index (Phi) is 6.33. The standard InChI is InChI=1S/C21H20ClFN6O/c1-13(2)11-28-7-5-20(27-28)21(30)25-14(3)12-29-6-4-19(26-29)15-8-17(22)16(10-24)18(23)9-15/h4-9,11,14H,12H2,1-3H3,(H,25,30)/t14-/m0/s1. The third-order valence-electron chi connectivity index (χ3n) is 4.16. The molecule has 0 aliphatic rings. The van der Waals surface area contributed by atoms with Crippen molar-refractivity contribution in [1.29, 1.82) is 5.26 Å². The first-order chi connectivity index (χ1) is 14.3. The quantitative estimate of drug-likeness (QED) is 0.642. The fourth-order valence-electron chi connectivity index (χ4n) is 2.86. The molecule has 0 fully saturated rings. The van der Waals surface area contributed by atoms with Crippen LogP contribution in [0.25, 0.3) is 17.5 Å². The molecule has 1 amide bonds. The van der Waals surface area contributed by atoms with Gasteiger partial charge in [0.15, 0.2) is 5.69 Å². The molecular weight excluding hydrogens is 407 g/mol. The van der Waals surface area contributed by atoms with Crippen LogP contribution >= 0.6 is 11.6 Å². The Morgan fingerprint density at radius 3 is 2.77 bits per heavy atom. The fraction of sp³-hybridized carbons (Fsp3) is 0.238. The van der Waals surface area contributed by atoms with Gasteiger partial charge in [-0.2, -0.15) is 15.5 Å². The Hall–Kier alpha value is -3.44. The van der Waals surface area contributed by atoms with Crippen LogP contribution in [0.2, 0.25) is 5.02 Å². The van der Waals surface area contributed by atoms with Crippen molar-refractivity contribution in [3.63, 3.8) is 0 Å². The highest BCUT2D eigenvalue weighted by atomic mass is 35.5. The number of carbonyl (C=O) groups is 1. The van der Waals surface area contributed by atoms with E-state index in [2.05, 4.69) is 15.5 Å². The molecule has 0 unspecified atom stereocenters.